The van der Waals surface area contributed by atoms with Gasteiger partial charge < -0.3 is 5.11 Å². The highest BCUT2D eigenvalue weighted by Gasteiger charge is 2.21. The first kappa shape index (κ1) is 10.2. The molecule has 5 nitrogen and oxygen atoms in total. The van der Waals surface area contributed by atoms with Crippen LogP contribution in [0, 0.1) is 17.0 Å². The summed E-state index contributed by atoms with van der Waals surface area (Å²) >= 11 is 0. The molecule has 0 aromatic heterocycles. The molecule has 0 unspecified atom stereocenters. The highest BCUT2D eigenvalue weighted by molar-refractivity contribution is 6.00. The van der Waals surface area contributed by atoms with Crippen LogP contribution < -0.4 is 0 Å². The van der Waals surface area contributed by atoms with E-state index in [0.29, 0.717) is 5.56 Å². The maximum Gasteiger partial charge on any atom is 0.284 e. The molecule has 0 fully saturated rings. The minimum absolute atomic E-state index is 0.236. The number of carbonyl (C=O) groups excluding carboxylic acids is 1. The van der Waals surface area contributed by atoms with E-state index in [-0.39, 0.29) is 17.0 Å². The standard InChI is InChI=1S/C9H9NO4/c1-5-3-7(10(13)14)9(6(2)11)8(12)4-5/h3-4,12H,1-2H3. The fraction of sp³-hybridized carbons (Fsp3) is 0.222. The van der Waals surface area contributed by atoms with Crippen molar-refractivity contribution in [3.8, 4) is 5.75 Å². The molecule has 0 bridgehead atoms. The number of phenolic OH excluding ortho intramolecular Hbond substituents is 1. The zero-order valence-corrected chi connectivity index (χ0v) is 7.77. The number of nitro groups is 1. The lowest BCUT2D eigenvalue weighted by molar-refractivity contribution is -0.385. The molecule has 0 aliphatic heterocycles. The van der Waals surface area contributed by atoms with Crippen molar-refractivity contribution in [3.05, 3.63) is 33.4 Å². The molecule has 1 aromatic carbocycles. The van der Waals surface area contributed by atoms with Gasteiger partial charge in [-0.3, -0.25) is 14.9 Å². The van der Waals surface area contributed by atoms with E-state index in [1.165, 1.54) is 19.1 Å². The Labute approximate surface area is 80.1 Å². The van der Waals surface area contributed by atoms with Gasteiger partial charge in [-0.25, -0.2) is 0 Å². The molecule has 1 N–H and O–H groups in total. The summed E-state index contributed by atoms with van der Waals surface area (Å²) in [6.45, 7) is 2.79. The lowest BCUT2D eigenvalue weighted by atomic mass is 10.1. The second kappa shape index (κ2) is 3.45. The van der Waals surface area contributed by atoms with Crippen LogP contribution in [0.5, 0.6) is 5.75 Å². The quantitative estimate of drug-likeness (QED) is 0.443. The molecule has 0 atom stereocenters. The van der Waals surface area contributed by atoms with Crippen LogP contribution >= 0.6 is 0 Å². The summed E-state index contributed by atoms with van der Waals surface area (Å²) in [5.41, 5.74) is -0.0465. The van der Waals surface area contributed by atoms with Crippen molar-refractivity contribution < 1.29 is 14.8 Å². The molecule has 1 rings (SSSR count). The number of aryl methyl sites for hydroxylation is 1. The molecular weight excluding hydrogens is 186 g/mol. The molecule has 0 radical (unpaired) electrons. The van der Waals surface area contributed by atoms with Crippen LogP contribution in [-0.4, -0.2) is 15.8 Å². The smallest absolute Gasteiger partial charge is 0.284 e. The summed E-state index contributed by atoms with van der Waals surface area (Å²) in [4.78, 5) is 20.9. The first-order valence-corrected chi connectivity index (χ1v) is 3.92. The molecule has 1 aromatic rings. The number of rotatable bonds is 2. The maximum atomic E-state index is 11.0. The van der Waals surface area contributed by atoms with Crippen molar-refractivity contribution in [1.82, 2.24) is 0 Å². The number of phenols is 1. The van der Waals surface area contributed by atoms with Gasteiger partial charge >= 0.3 is 0 Å². The van der Waals surface area contributed by atoms with Crippen LogP contribution in [-0.2, 0) is 0 Å². The number of aromatic hydroxyl groups is 1. The molecule has 0 aliphatic rings. The summed E-state index contributed by atoms with van der Waals surface area (Å²) in [5.74, 6) is -0.863. The van der Waals surface area contributed by atoms with Crippen LogP contribution in [0.4, 0.5) is 5.69 Å². The zero-order chi connectivity index (χ0) is 10.9. The normalized spacial score (nSPS) is 9.86. The van der Waals surface area contributed by atoms with Crippen LogP contribution in [0.25, 0.3) is 0 Å². The fourth-order valence-corrected chi connectivity index (χ4v) is 1.25. The first-order valence-electron chi connectivity index (χ1n) is 3.92. The number of nitrogens with zero attached hydrogens (tertiary/aromatic N) is 1. The lowest BCUT2D eigenvalue weighted by Crippen LogP contribution is -2.01. The Kier molecular flexibility index (Phi) is 2.51. The van der Waals surface area contributed by atoms with Crippen LogP contribution in [0.3, 0.4) is 0 Å². The van der Waals surface area contributed by atoms with E-state index >= 15 is 0 Å². The summed E-state index contributed by atoms with van der Waals surface area (Å²) in [5, 5.41) is 19.9. The van der Waals surface area contributed by atoms with Gasteiger partial charge in [-0.15, -0.1) is 0 Å². The summed E-state index contributed by atoms with van der Waals surface area (Å²) < 4.78 is 0. The predicted octanol–water partition coefficient (Wildman–Crippen LogP) is 1.81. The number of nitro benzene ring substituents is 1. The van der Waals surface area contributed by atoms with Crippen molar-refractivity contribution >= 4 is 11.5 Å². The molecule has 5 heteroatoms. The number of Topliss-reactive ketones (excluding diaryl/α,β-unsaturated/α-hetero) is 1. The minimum Gasteiger partial charge on any atom is -0.507 e. The maximum absolute atomic E-state index is 11.0. The van der Waals surface area contributed by atoms with Gasteiger partial charge in [0.15, 0.2) is 5.78 Å². The third-order valence-corrected chi connectivity index (χ3v) is 1.79. The van der Waals surface area contributed by atoms with Gasteiger partial charge in [0, 0.05) is 6.07 Å². The lowest BCUT2D eigenvalue weighted by Gasteiger charge is -2.03. The van der Waals surface area contributed by atoms with Gasteiger partial charge in [-0.2, -0.15) is 0 Å². The van der Waals surface area contributed by atoms with Gasteiger partial charge in [0.25, 0.3) is 5.69 Å². The molecule has 0 heterocycles. The first-order chi connectivity index (χ1) is 6.43. The van der Waals surface area contributed by atoms with Crippen molar-refractivity contribution in [2.45, 2.75) is 13.8 Å². The van der Waals surface area contributed by atoms with E-state index < -0.39 is 10.7 Å². The molecular formula is C9H9NO4. The van der Waals surface area contributed by atoms with Crippen LogP contribution in [0.15, 0.2) is 12.1 Å². The SMILES string of the molecule is CC(=O)c1c(O)cc(C)cc1[N+](=O)[O-]. The van der Waals surface area contributed by atoms with Crippen molar-refractivity contribution in [2.24, 2.45) is 0 Å². The number of benzene rings is 1. The Balaban J connectivity index is 3.52. The Bertz CT molecular complexity index is 412. The number of hydrogen-bond acceptors (Lipinski definition) is 4. The average molecular weight is 195 g/mol. The van der Waals surface area contributed by atoms with Gasteiger partial charge in [0.2, 0.25) is 0 Å². The number of hydrogen-bond donors (Lipinski definition) is 1. The summed E-state index contributed by atoms with van der Waals surface area (Å²) in [7, 11) is 0. The molecule has 0 amide bonds. The largest absolute Gasteiger partial charge is 0.507 e. The van der Waals surface area contributed by atoms with E-state index in [0.717, 1.165) is 0 Å². The second-order valence-corrected chi connectivity index (χ2v) is 2.99. The molecule has 0 aliphatic carbocycles. The van der Waals surface area contributed by atoms with E-state index in [9.17, 15) is 20.0 Å². The van der Waals surface area contributed by atoms with Crippen molar-refractivity contribution in [2.75, 3.05) is 0 Å². The van der Waals surface area contributed by atoms with Crippen molar-refractivity contribution in [1.29, 1.82) is 0 Å². The van der Waals surface area contributed by atoms with E-state index in [2.05, 4.69) is 0 Å². The third-order valence-electron chi connectivity index (χ3n) is 1.79. The Morgan fingerprint density at radius 1 is 1.50 bits per heavy atom. The monoisotopic (exact) mass is 195 g/mol. The summed E-state index contributed by atoms with van der Waals surface area (Å²) in [6.07, 6.45) is 0. The fourth-order valence-electron chi connectivity index (χ4n) is 1.25. The van der Waals surface area contributed by atoms with Crippen LogP contribution in [0.2, 0.25) is 0 Å². The van der Waals surface area contributed by atoms with Gasteiger partial charge in [0.05, 0.1) is 4.92 Å². The molecule has 0 spiro atoms. The molecule has 14 heavy (non-hydrogen) atoms. The Hall–Kier alpha value is -1.91. The summed E-state index contributed by atoms with van der Waals surface area (Å²) in [6, 6.07) is 2.58. The molecule has 0 saturated carbocycles. The minimum atomic E-state index is -0.677. The number of carbonyl (C=O) groups is 1. The topological polar surface area (TPSA) is 80.4 Å². The Morgan fingerprint density at radius 2 is 2.07 bits per heavy atom. The predicted molar refractivity (Wildman–Crippen MR) is 49.5 cm³/mol. The second-order valence-electron chi connectivity index (χ2n) is 2.99. The van der Waals surface area contributed by atoms with Crippen molar-refractivity contribution in [3.63, 3.8) is 0 Å². The molecule has 74 valence electrons. The Morgan fingerprint density at radius 3 is 2.50 bits per heavy atom. The van der Waals surface area contributed by atoms with Gasteiger partial charge in [0.1, 0.15) is 11.3 Å². The van der Waals surface area contributed by atoms with Crippen LogP contribution in [0.1, 0.15) is 22.8 Å². The highest BCUT2D eigenvalue weighted by atomic mass is 16.6. The van der Waals surface area contributed by atoms with Gasteiger partial charge in [-0.05, 0) is 25.5 Å². The number of ketones is 1. The molecule has 0 saturated heterocycles. The average Bonchev–Trinajstić information content (AvgIpc) is 2.01. The zero-order valence-electron chi connectivity index (χ0n) is 7.77. The van der Waals surface area contributed by atoms with E-state index in [1.54, 1.807) is 6.92 Å². The highest BCUT2D eigenvalue weighted by Crippen LogP contribution is 2.29. The van der Waals surface area contributed by atoms with E-state index in [4.69, 9.17) is 0 Å². The third kappa shape index (κ3) is 1.71. The van der Waals surface area contributed by atoms with Gasteiger partial charge in [-0.1, -0.05) is 0 Å². The van der Waals surface area contributed by atoms with E-state index in [1.807, 2.05) is 0 Å².